The van der Waals surface area contributed by atoms with E-state index in [1.807, 2.05) is 49.4 Å². The molecular formula is C24H18ClN5O3. The highest BCUT2D eigenvalue weighted by atomic mass is 35.5. The number of carbonyl (C=O) groups excluding carboxylic acids is 1. The third-order valence-corrected chi connectivity index (χ3v) is 5.72. The second-order valence-corrected chi connectivity index (χ2v) is 7.88. The maximum Gasteiger partial charge on any atom is 0.260 e. The molecule has 0 aliphatic rings. The summed E-state index contributed by atoms with van der Waals surface area (Å²) in [5, 5.41) is 12.9. The molecule has 3 aromatic heterocycles. The summed E-state index contributed by atoms with van der Waals surface area (Å²) in [5.41, 5.74) is 3.82. The van der Waals surface area contributed by atoms with E-state index in [1.54, 1.807) is 13.2 Å². The number of ketones is 1. The van der Waals surface area contributed by atoms with Crippen LogP contribution in [0.1, 0.15) is 27.4 Å². The Morgan fingerprint density at radius 1 is 1.12 bits per heavy atom. The van der Waals surface area contributed by atoms with Gasteiger partial charge in [0.2, 0.25) is 11.6 Å². The largest absolute Gasteiger partial charge is 0.497 e. The molecule has 0 aliphatic carbocycles. The van der Waals surface area contributed by atoms with Gasteiger partial charge < -0.3 is 13.8 Å². The molecule has 0 saturated heterocycles. The van der Waals surface area contributed by atoms with Gasteiger partial charge in [0.1, 0.15) is 5.75 Å². The minimum absolute atomic E-state index is 0.0294. The highest BCUT2D eigenvalue weighted by molar-refractivity contribution is 6.30. The molecule has 0 atom stereocenters. The standard InChI is InChI=1S/C24H18ClN5O3/c1-14-21(22(31)23-28-24(33-29-23)16-9-10-26-27-12-16)19-11-18(32-2)7-8-20(19)30(14)13-15-3-5-17(25)6-4-15/h3-12H,13H2,1-2H3. The summed E-state index contributed by atoms with van der Waals surface area (Å²) in [6.45, 7) is 2.47. The van der Waals surface area contributed by atoms with Crippen LogP contribution in [0, 0.1) is 6.92 Å². The van der Waals surface area contributed by atoms with Crippen LogP contribution in [0.5, 0.6) is 5.75 Å². The van der Waals surface area contributed by atoms with Crippen molar-refractivity contribution in [2.45, 2.75) is 13.5 Å². The van der Waals surface area contributed by atoms with Gasteiger partial charge in [0.05, 0.1) is 30.6 Å². The Balaban J connectivity index is 1.61. The van der Waals surface area contributed by atoms with Crippen LogP contribution >= 0.6 is 11.6 Å². The lowest BCUT2D eigenvalue weighted by atomic mass is 10.1. The Hall–Kier alpha value is -4.04. The van der Waals surface area contributed by atoms with E-state index in [0.29, 0.717) is 28.4 Å². The number of rotatable bonds is 6. The molecule has 8 nitrogen and oxygen atoms in total. The van der Waals surface area contributed by atoms with Gasteiger partial charge in [-0.05, 0) is 48.9 Å². The van der Waals surface area contributed by atoms with E-state index in [-0.39, 0.29) is 17.5 Å². The smallest absolute Gasteiger partial charge is 0.260 e. The topological polar surface area (TPSA) is 95.9 Å². The summed E-state index contributed by atoms with van der Waals surface area (Å²) in [7, 11) is 1.59. The number of fused-ring (bicyclic) bond motifs is 1. The fourth-order valence-corrected chi connectivity index (χ4v) is 3.94. The zero-order valence-electron chi connectivity index (χ0n) is 17.8. The predicted octanol–water partition coefficient (Wildman–Crippen LogP) is 4.73. The second-order valence-electron chi connectivity index (χ2n) is 7.44. The second kappa shape index (κ2) is 8.48. The van der Waals surface area contributed by atoms with Crippen LogP contribution < -0.4 is 4.74 Å². The van der Waals surface area contributed by atoms with E-state index < -0.39 is 0 Å². The first-order valence-corrected chi connectivity index (χ1v) is 10.5. The van der Waals surface area contributed by atoms with Crippen LogP contribution in [0.3, 0.4) is 0 Å². The molecule has 3 heterocycles. The molecule has 0 saturated carbocycles. The van der Waals surface area contributed by atoms with Crippen LogP contribution in [0.25, 0.3) is 22.4 Å². The molecule has 5 aromatic rings. The number of carbonyl (C=O) groups is 1. The fourth-order valence-electron chi connectivity index (χ4n) is 3.81. The van der Waals surface area contributed by atoms with E-state index >= 15 is 0 Å². The summed E-state index contributed by atoms with van der Waals surface area (Å²) in [6, 6.07) is 15.0. The first kappa shape index (κ1) is 20.8. The number of nitrogens with zero attached hydrogens (tertiary/aromatic N) is 5. The maximum absolute atomic E-state index is 13.6. The number of methoxy groups -OCH3 is 1. The van der Waals surface area contributed by atoms with Gasteiger partial charge in [-0.2, -0.15) is 15.2 Å². The molecule has 0 spiro atoms. The van der Waals surface area contributed by atoms with Gasteiger partial charge in [0, 0.05) is 28.2 Å². The molecule has 0 radical (unpaired) electrons. The van der Waals surface area contributed by atoms with Crippen molar-refractivity contribution < 1.29 is 14.1 Å². The number of hydrogen-bond donors (Lipinski definition) is 0. The van der Waals surface area contributed by atoms with Crippen LogP contribution in [-0.4, -0.2) is 37.8 Å². The molecule has 33 heavy (non-hydrogen) atoms. The number of aromatic nitrogens is 5. The van der Waals surface area contributed by atoms with Gasteiger partial charge in [0.25, 0.3) is 5.89 Å². The van der Waals surface area contributed by atoms with E-state index in [4.69, 9.17) is 20.9 Å². The molecule has 5 rings (SSSR count). The van der Waals surface area contributed by atoms with E-state index in [0.717, 1.165) is 22.2 Å². The molecule has 0 amide bonds. The molecule has 9 heteroatoms. The van der Waals surface area contributed by atoms with Gasteiger partial charge in [0.15, 0.2) is 0 Å². The average molecular weight is 460 g/mol. The van der Waals surface area contributed by atoms with Crippen LogP contribution in [-0.2, 0) is 6.54 Å². The highest BCUT2D eigenvalue weighted by Gasteiger charge is 2.26. The normalized spacial score (nSPS) is 11.1. The molecule has 0 unspecified atom stereocenters. The van der Waals surface area contributed by atoms with Crippen LogP contribution in [0.4, 0.5) is 0 Å². The Morgan fingerprint density at radius 3 is 2.67 bits per heavy atom. The Kier molecular flexibility index (Phi) is 5.35. The maximum atomic E-state index is 13.6. The van der Waals surface area contributed by atoms with Gasteiger partial charge in [-0.1, -0.05) is 28.9 Å². The highest BCUT2D eigenvalue weighted by Crippen LogP contribution is 2.32. The van der Waals surface area contributed by atoms with Gasteiger partial charge >= 0.3 is 0 Å². The molecule has 0 N–H and O–H groups in total. The van der Waals surface area contributed by atoms with Gasteiger partial charge in [-0.3, -0.25) is 4.79 Å². The number of benzene rings is 2. The Morgan fingerprint density at radius 2 is 1.94 bits per heavy atom. The number of hydrogen-bond acceptors (Lipinski definition) is 7. The Labute approximate surface area is 193 Å². The lowest BCUT2D eigenvalue weighted by Gasteiger charge is -2.09. The van der Waals surface area contributed by atoms with Gasteiger partial charge in [-0.15, -0.1) is 0 Å². The lowest BCUT2D eigenvalue weighted by Crippen LogP contribution is -2.07. The minimum Gasteiger partial charge on any atom is -0.497 e. The molecule has 0 fully saturated rings. The summed E-state index contributed by atoms with van der Waals surface area (Å²) < 4.78 is 12.8. The van der Waals surface area contributed by atoms with Crippen molar-refractivity contribution in [3.63, 3.8) is 0 Å². The van der Waals surface area contributed by atoms with Crippen molar-refractivity contribution in [1.82, 2.24) is 24.9 Å². The average Bonchev–Trinajstić information content (AvgIpc) is 3.44. The molecular weight excluding hydrogens is 442 g/mol. The number of ether oxygens (including phenoxy) is 1. The Bertz CT molecular complexity index is 1460. The first-order chi connectivity index (χ1) is 16.0. The van der Waals surface area contributed by atoms with Gasteiger partial charge in [-0.25, -0.2) is 0 Å². The van der Waals surface area contributed by atoms with Crippen molar-refractivity contribution >= 4 is 28.3 Å². The fraction of sp³-hybridized carbons (Fsp3) is 0.125. The van der Waals surface area contributed by atoms with Crippen molar-refractivity contribution in [3.05, 3.63) is 88.6 Å². The predicted molar refractivity (Wildman–Crippen MR) is 123 cm³/mol. The number of halogens is 1. The lowest BCUT2D eigenvalue weighted by molar-refractivity contribution is 0.102. The summed E-state index contributed by atoms with van der Waals surface area (Å²) >= 11 is 6.04. The summed E-state index contributed by atoms with van der Waals surface area (Å²) in [5.74, 6) is 0.487. The van der Waals surface area contributed by atoms with Crippen molar-refractivity contribution in [1.29, 1.82) is 0 Å². The van der Waals surface area contributed by atoms with E-state index in [9.17, 15) is 4.79 Å². The SMILES string of the molecule is COc1ccc2c(c1)c(C(=O)c1noc(-c3ccnnc3)n1)c(C)n2Cc1ccc(Cl)cc1. The molecule has 2 aromatic carbocycles. The molecule has 164 valence electrons. The zero-order valence-corrected chi connectivity index (χ0v) is 18.6. The third-order valence-electron chi connectivity index (χ3n) is 5.47. The molecule has 0 bridgehead atoms. The zero-order chi connectivity index (χ0) is 22.9. The quantitative estimate of drug-likeness (QED) is 0.338. The molecule has 0 aliphatic heterocycles. The van der Waals surface area contributed by atoms with E-state index in [2.05, 4.69) is 24.9 Å². The van der Waals surface area contributed by atoms with E-state index in [1.165, 1.54) is 12.4 Å². The third kappa shape index (κ3) is 3.85. The van der Waals surface area contributed by atoms with Crippen molar-refractivity contribution in [2.24, 2.45) is 0 Å². The summed E-state index contributed by atoms with van der Waals surface area (Å²) in [6.07, 6.45) is 3.01. The summed E-state index contributed by atoms with van der Waals surface area (Å²) in [4.78, 5) is 17.9. The monoisotopic (exact) mass is 459 g/mol. The van der Waals surface area contributed by atoms with Crippen LogP contribution in [0.15, 0.2) is 65.4 Å². The van der Waals surface area contributed by atoms with Crippen LogP contribution in [0.2, 0.25) is 5.02 Å². The van der Waals surface area contributed by atoms with Crippen molar-refractivity contribution in [2.75, 3.05) is 7.11 Å². The minimum atomic E-state index is -0.336. The first-order valence-electron chi connectivity index (χ1n) is 10.1. The van der Waals surface area contributed by atoms with Crippen molar-refractivity contribution in [3.8, 4) is 17.2 Å².